The highest BCUT2D eigenvalue weighted by atomic mass is 19.1. The summed E-state index contributed by atoms with van der Waals surface area (Å²) in [7, 11) is 0. The summed E-state index contributed by atoms with van der Waals surface area (Å²) in [5.41, 5.74) is 0.855. The lowest BCUT2D eigenvalue weighted by Gasteiger charge is -2.09. The molecule has 0 heterocycles. The van der Waals surface area contributed by atoms with Gasteiger partial charge in [-0.2, -0.15) is 0 Å². The van der Waals surface area contributed by atoms with Gasteiger partial charge in [0.1, 0.15) is 11.6 Å². The van der Waals surface area contributed by atoms with E-state index in [-0.39, 0.29) is 5.82 Å². The lowest BCUT2D eigenvalue weighted by molar-refractivity contribution is 0.314. The van der Waals surface area contributed by atoms with Crippen LogP contribution in [-0.4, -0.2) is 6.61 Å². The molecule has 0 spiro atoms. The number of ether oxygens (including phenoxy) is 1. The second kappa shape index (κ2) is 5.43. The largest absolute Gasteiger partial charge is 0.493 e. The summed E-state index contributed by atoms with van der Waals surface area (Å²) in [6.07, 6.45) is 3.33. The van der Waals surface area contributed by atoms with Crippen LogP contribution in [0.15, 0.2) is 30.9 Å². The fraction of sp³-hybridized carbons (Fsp3) is 0.333. The number of hydrogen-bond donors (Lipinski definition) is 0. The first kappa shape index (κ1) is 10.8. The molecule has 0 bridgehead atoms. The van der Waals surface area contributed by atoms with E-state index in [0.29, 0.717) is 13.0 Å². The van der Waals surface area contributed by atoms with Crippen LogP contribution >= 0.6 is 0 Å². The zero-order valence-corrected chi connectivity index (χ0v) is 8.42. The average molecular weight is 194 g/mol. The molecule has 0 unspecified atom stereocenters. The number of rotatable bonds is 5. The molecule has 0 saturated carbocycles. The summed E-state index contributed by atoms with van der Waals surface area (Å²) in [5, 5.41) is 0. The standard InChI is InChI=1S/C12H15FO/c1-3-5-10-9-11(13)6-7-12(10)14-8-4-2/h3,6-7,9H,1,4-5,8H2,2H3. The second-order valence-corrected chi connectivity index (χ2v) is 3.09. The molecule has 1 rings (SSSR count). The summed E-state index contributed by atoms with van der Waals surface area (Å²) < 4.78 is 18.4. The highest BCUT2D eigenvalue weighted by Gasteiger charge is 2.03. The molecule has 0 atom stereocenters. The summed E-state index contributed by atoms with van der Waals surface area (Å²) in [5.74, 6) is 0.527. The molecule has 76 valence electrons. The minimum Gasteiger partial charge on any atom is -0.493 e. The Hall–Kier alpha value is -1.31. The third-order valence-electron chi connectivity index (χ3n) is 1.85. The van der Waals surface area contributed by atoms with Gasteiger partial charge in [-0.05, 0) is 31.0 Å². The SMILES string of the molecule is C=CCc1cc(F)ccc1OCCC. The Kier molecular flexibility index (Phi) is 4.17. The monoisotopic (exact) mass is 194 g/mol. The zero-order valence-electron chi connectivity index (χ0n) is 8.42. The molecule has 0 aliphatic rings. The van der Waals surface area contributed by atoms with E-state index in [1.807, 2.05) is 6.92 Å². The highest BCUT2D eigenvalue weighted by Crippen LogP contribution is 2.20. The predicted octanol–water partition coefficient (Wildman–Crippen LogP) is 3.34. The van der Waals surface area contributed by atoms with Gasteiger partial charge in [-0.15, -0.1) is 6.58 Å². The van der Waals surface area contributed by atoms with Gasteiger partial charge < -0.3 is 4.74 Å². The fourth-order valence-corrected chi connectivity index (χ4v) is 1.22. The molecule has 0 amide bonds. The Morgan fingerprint density at radius 1 is 1.50 bits per heavy atom. The molecule has 1 nitrogen and oxygen atoms in total. The van der Waals surface area contributed by atoms with Crippen LogP contribution in [0.2, 0.25) is 0 Å². The van der Waals surface area contributed by atoms with Crippen LogP contribution in [0.4, 0.5) is 4.39 Å². The van der Waals surface area contributed by atoms with E-state index in [2.05, 4.69) is 6.58 Å². The maximum absolute atomic E-state index is 12.9. The predicted molar refractivity (Wildman–Crippen MR) is 56.1 cm³/mol. The van der Waals surface area contributed by atoms with Crippen LogP contribution in [0, 0.1) is 5.82 Å². The third kappa shape index (κ3) is 2.87. The number of allylic oxidation sites excluding steroid dienone is 1. The number of benzene rings is 1. The molecular formula is C12H15FO. The van der Waals surface area contributed by atoms with Crippen molar-refractivity contribution in [3.05, 3.63) is 42.2 Å². The minimum absolute atomic E-state index is 0.231. The third-order valence-corrected chi connectivity index (χ3v) is 1.85. The van der Waals surface area contributed by atoms with Crippen LogP contribution in [0.3, 0.4) is 0 Å². The zero-order chi connectivity index (χ0) is 10.4. The molecule has 0 radical (unpaired) electrons. The normalized spacial score (nSPS) is 9.86. The Morgan fingerprint density at radius 3 is 2.93 bits per heavy atom. The fourth-order valence-electron chi connectivity index (χ4n) is 1.22. The molecule has 0 N–H and O–H groups in total. The van der Waals surface area contributed by atoms with Gasteiger partial charge in [-0.25, -0.2) is 4.39 Å². The molecule has 2 heteroatoms. The van der Waals surface area contributed by atoms with Crippen LogP contribution in [0.25, 0.3) is 0 Å². The molecule has 0 aromatic heterocycles. The van der Waals surface area contributed by atoms with Crippen LogP contribution < -0.4 is 4.74 Å². The second-order valence-electron chi connectivity index (χ2n) is 3.09. The van der Waals surface area contributed by atoms with Gasteiger partial charge in [0.2, 0.25) is 0 Å². The van der Waals surface area contributed by atoms with Crippen molar-refractivity contribution in [2.75, 3.05) is 6.61 Å². The Balaban J connectivity index is 2.83. The first-order chi connectivity index (χ1) is 6.77. The molecule has 0 aliphatic heterocycles. The molecule has 0 saturated heterocycles. The molecular weight excluding hydrogens is 179 g/mol. The maximum atomic E-state index is 12.9. The van der Waals surface area contributed by atoms with Gasteiger partial charge in [0, 0.05) is 5.56 Å². The van der Waals surface area contributed by atoms with Gasteiger partial charge in [0.15, 0.2) is 0 Å². The van der Waals surface area contributed by atoms with Gasteiger partial charge in [-0.3, -0.25) is 0 Å². The van der Waals surface area contributed by atoms with Crippen LogP contribution in [0.5, 0.6) is 5.75 Å². The van der Waals surface area contributed by atoms with E-state index in [0.717, 1.165) is 17.7 Å². The van der Waals surface area contributed by atoms with E-state index >= 15 is 0 Å². The van der Waals surface area contributed by atoms with E-state index in [1.54, 1.807) is 12.1 Å². The van der Waals surface area contributed by atoms with E-state index < -0.39 is 0 Å². The molecule has 14 heavy (non-hydrogen) atoms. The average Bonchev–Trinajstić information content (AvgIpc) is 2.17. The molecule has 0 aliphatic carbocycles. The van der Waals surface area contributed by atoms with Crippen molar-refractivity contribution in [3.63, 3.8) is 0 Å². The van der Waals surface area contributed by atoms with Crippen molar-refractivity contribution >= 4 is 0 Å². The smallest absolute Gasteiger partial charge is 0.123 e. The van der Waals surface area contributed by atoms with Crippen molar-refractivity contribution in [3.8, 4) is 5.75 Å². The highest BCUT2D eigenvalue weighted by molar-refractivity contribution is 5.35. The first-order valence-electron chi connectivity index (χ1n) is 4.80. The summed E-state index contributed by atoms with van der Waals surface area (Å²) in [4.78, 5) is 0. The lowest BCUT2D eigenvalue weighted by Crippen LogP contribution is -1.98. The topological polar surface area (TPSA) is 9.23 Å². The van der Waals surface area contributed by atoms with Gasteiger partial charge in [0.05, 0.1) is 6.61 Å². The molecule has 0 fully saturated rings. The number of hydrogen-bond acceptors (Lipinski definition) is 1. The Morgan fingerprint density at radius 2 is 2.29 bits per heavy atom. The van der Waals surface area contributed by atoms with Crippen molar-refractivity contribution in [2.24, 2.45) is 0 Å². The van der Waals surface area contributed by atoms with E-state index in [1.165, 1.54) is 12.1 Å². The van der Waals surface area contributed by atoms with E-state index in [9.17, 15) is 4.39 Å². The lowest BCUT2D eigenvalue weighted by atomic mass is 10.1. The van der Waals surface area contributed by atoms with Crippen LogP contribution in [-0.2, 0) is 6.42 Å². The van der Waals surface area contributed by atoms with Crippen molar-refractivity contribution < 1.29 is 9.13 Å². The van der Waals surface area contributed by atoms with Crippen molar-refractivity contribution in [2.45, 2.75) is 19.8 Å². The van der Waals surface area contributed by atoms with E-state index in [4.69, 9.17) is 4.74 Å². The Labute approximate surface area is 84.2 Å². The van der Waals surface area contributed by atoms with Crippen molar-refractivity contribution in [1.29, 1.82) is 0 Å². The van der Waals surface area contributed by atoms with Gasteiger partial charge >= 0.3 is 0 Å². The molecule has 1 aromatic rings. The maximum Gasteiger partial charge on any atom is 0.123 e. The first-order valence-corrected chi connectivity index (χ1v) is 4.80. The van der Waals surface area contributed by atoms with Gasteiger partial charge in [-0.1, -0.05) is 13.0 Å². The van der Waals surface area contributed by atoms with Crippen molar-refractivity contribution in [1.82, 2.24) is 0 Å². The number of halogens is 1. The van der Waals surface area contributed by atoms with Crippen LogP contribution in [0.1, 0.15) is 18.9 Å². The molecule has 1 aromatic carbocycles. The minimum atomic E-state index is -0.231. The summed E-state index contributed by atoms with van der Waals surface area (Å²) in [6.45, 7) is 6.33. The summed E-state index contributed by atoms with van der Waals surface area (Å²) >= 11 is 0. The van der Waals surface area contributed by atoms with Gasteiger partial charge in [0.25, 0.3) is 0 Å². The Bertz CT molecular complexity index is 307. The summed E-state index contributed by atoms with van der Waals surface area (Å²) in [6, 6.07) is 4.58. The quantitative estimate of drug-likeness (QED) is 0.653.